The monoisotopic (exact) mass is 267 g/mol. The molecule has 1 atom stereocenters. The number of aromatic nitrogens is 1. The van der Waals surface area contributed by atoms with Crippen LogP contribution in [0, 0.1) is 25.2 Å². The second-order valence-corrected chi connectivity index (χ2v) is 5.14. The topological polar surface area (TPSA) is 64.0 Å². The van der Waals surface area contributed by atoms with Crippen molar-refractivity contribution in [2.24, 2.45) is 0 Å². The molecule has 20 heavy (non-hydrogen) atoms. The zero-order valence-corrected chi connectivity index (χ0v) is 11.7. The van der Waals surface area contributed by atoms with Crippen molar-refractivity contribution in [2.75, 3.05) is 12.3 Å². The van der Waals surface area contributed by atoms with Crippen LogP contribution in [-0.2, 0) is 0 Å². The molecule has 102 valence electrons. The minimum absolute atomic E-state index is 0.140. The number of benzene rings is 1. The molecule has 0 spiro atoms. The van der Waals surface area contributed by atoms with E-state index in [0.29, 0.717) is 18.0 Å². The highest BCUT2D eigenvalue weighted by molar-refractivity contribution is 5.59. The van der Waals surface area contributed by atoms with Crippen molar-refractivity contribution in [2.45, 2.75) is 26.3 Å². The van der Waals surface area contributed by atoms with Gasteiger partial charge in [0.1, 0.15) is 17.6 Å². The molecule has 1 aromatic carbocycles. The maximum Gasteiger partial charge on any atom is 0.124 e. The molecule has 2 aromatic rings. The van der Waals surface area contributed by atoms with Crippen LogP contribution in [0.25, 0.3) is 0 Å². The molecule has 2 N–H and O–H groups in total. The minimum atomic E-state index is 0.140. The standard InChI is InChI=1S/C16H17N3O/c1-10-11(2)19(16(18)13(10)9-17)14-7-8-20-15-6-4-3-5-12(14)15/h3-6,14H,7-8,18H2,1-2H3. The number of nitrogen functional groups attached to an aromatic ring is 1. The van der Waals surface area contributed by atoms with Crippen molar-refractivity contribution in [1.29, 1.82) is 5.26 Å². The molecule has 0 fully saturated rings. The molecule has 4 nitrogen and oxygen atoms in total. The average molecular weight is 267 g/mol. The van der Waals surface area contributed by atoms with Crippen molar-refractivity contribution < 1.29 is 4.74 Å². The van der Waals surface area contributed by atoms with E-state index in [1.807, 2.05) is 32.0 Å². The van der Waals surface area contributed by atoms with Crippen molar-refractivity contribution in [1.82, 2.24) is 4.57 Å². The summed E-state index contributed by atoms with van der Waals surface area (Å²) in [5, 5.41) is 9.26. The molecule has 1 aliphatic heterocycles. The van der Waals surface area contributed by atoms with Crippen LogP contribution in [0.3, 0.4) is 0 Å². The van der Waals surface area contributed by atoms with Crippen LogP contribution in [0.1, 0.15) is 34.8 Å². The second kappa shape index (κ2) is 4.61. The van der Waals surface area contributed by atoms with Gasteiger partial charge in [-0.2, -0.15) is 5.26 Å². The summed E-state index contributed by atoms with van der Waals surface area (Å²) in [6.07, 6.45) is 0.862. The average Bonchev–Trinajstić information content (AvgIpc) is 2.68. The lowest BCUT2D eigenvalue weighted by atomic mass is 10.00. The molecule has 2 heterocycles. The van der Waals surface area contributed by atoms with Gasteiger partial charge in [0.25, 0.3) is 0 Å². The van der Waals surface area contributed by atoms with Gasteiger partial charge in [-0.1, -0.05) is 18.2 Å². The molecule has 3 rings (SSSR count). The molecule has 4 heteroatoms. The summed E-state index contributed by atoms with van der Waals surface area (Å²) < 4.78 is 7.78. The number of rotatable bonds is 1. The zero-order valence-electron chi connectivity index (χ0n) is 11.7. The summed E-state index contributed by atoms with van der Waals surface area (Å²) in [6.45, 7) is 4.64. The Morgan fingerprint density at radius 2 is 2.10 bits per heavy atom. The number of nitriles is 1. The van der Waals surface area contributed by atoms with Crippen molar-refractivity contribution >= 4 is 5.82 Å². The van der Waals surface area contributed by atoms with Crippen molar-refractivity contribution in [3.63, 3.8) is 0 Å². The number of ether oxygens (including phenoxy) is 1. The van der Waals surface area contributed by atoms with E-state index in [1.54, 1.807) is 0 Å². The number of para-hydroxylation sites is 1. The van der Waals surface area contributed by atoms with Gasteiger partial charge in [0.2, 0.25) is 0 Å². The number of anilines is 1. The molecule has 0 amide bonds. The second-order valence-electron chi connectivity index (χ2n) is 5.14. The zero-order chi connectivity index (χ0) is 14.3. The fraction of sp³-hybridized carbons (Fsp3) is 0.312. The smallest absolute Gasteiger partial charge is 0.124 e. The molecule has 0 aliphatic carbocycles. The number of nitrogens with zero attached hydrogens (tertiary/aromatic N) is 2. The maximum atomic E-state index is 9.26. The normalized spacial score (nSPS) is 17.1. The quantitative estimate of drug-likeness (QED) is 0.864. The fourth-order valence-corrected chi connectivity index (χ4v) is 2.99. The lowest BCUT2D eigenvalue weighted by molar-refractivity contribution is 0.256. The summed E-state index contributed by atoms with van der Waals surface area (Å²) >= 11 is 0. The maximum absolute atomic E-state index is 9.26. The third-order valence-electron chi connectivity index (χ3n) is 4.15. The van der Waals surface area contributed by atoms with E-state index in [2.05, 4.69) is 16.7 Å². The van der Waals surface area contributed by atoms with Gasteiger partial charge in [-0.15, -0.1) is 0 Å². The van der Waals surface area contributed by atoms with Crippen LogP contribution in [0.5, 0.6) is 5.75 Å². The van der Waals surface area contributed by atoms with Crippen LogP contribution in [0.15, 0.2) is 24.3 Å². The summed E-state index contributed by atoms with van der Waals surface area (Å²) in [5.41, 5.74) is 9.95. The predicted octanol–water partition coefficient (Wildman–Crippen LogP) is 2.93. The Labute approximate surface area is 118 Å². The van der Waals surface area contributed by atoms with Gasteiger partial charge in [0, 0.05) is 17.7 Å². The van der Waals surface area contributed by atoms with Gasteiger partial charge in [-0.3, -0.25) is 0 Å². The van der Waals surface area contributed by atoms with Crippen LogP contribution in [0.2, 0.25) is 0 Å². The molecule has 1 aromatic heterocycles. The summed E-state index contributed by atoms with van der Waals surface area (Å²) in [5.74, 6) is 1.47. The Kier molecular flexibility index (Phi) is 2.90. The van der Waals surface area contributed by atoms with Gasteiger partial charge >= 0.3 is 0 Å². The first-order valence-corrected chi connectivity index (χ1v) is 6.73. The Morgan fingerprint density at radius 3 is 2.80 bits per heavy atom. The third kappa shape index (κ3) is 1.67. The molecular formula is C16H17N3O. The van der Waals surface area contributed by atoms with E-state index < -0.39 is 0 Å². The summed E-state index contributed by atoms with van der Waals surface area (Å²) in [4.78, 5) is 0. The highest BCUT2D eigenvalue weighted by Crippen LogP contribution is 2.38. The first-order valence-electron chi connectivity index (χ1n) is 6.73. The van der Waals surface area contributed by atoms with Gasteiger partial charge in [0.15, 0.2) is 0 Å². The Balaban J connectivity index is 2.19. The molecule has 1 unspecified atom stereocenters. The van der Waals surface area contributed by atoms with Crippen LogP contribution >= 0.6 is 0 Å². The van der Waals surface area contributed by atoms with Gasteiger partial charge in [-0.25, -0.2) is 0 Å². The van der Waals surface area contributed by atoms with E-state index in [0.717, 1.165) is 29.0 Å². The van der Waals surface area contributed by atoms with Gasteiger partial charge in [0.05, 0.1) is 18.2 Å². The van der Waals surface area contributed by atoms with Gasteiger partial charge in [-0.05, 0) is 25.5 Å². The van der Waals surface area contributed by atoms with E-state index in [-0.39, 0.29) is 6.04 Å². The Hall–Kier alpha value is -2.41. The number of hydrogen-bond donors (Lipinski definition) is 1. The van der Waals surface area contributed by atoms with Crippen molar-refractivity contribution in [3.8, 4) is 11.8 Å². The van der Waals surface area contributed by atoms with Crippen LogP contribution < -0.4 is 10.5 Å². The lowest BCUT2D eigenvalue weighted by Crippen LogP contribution is -2.22. The first-order chi connectivity index (χ1) is 9.65. The SMILES string of the molecule is Cc1c(C#N)c(N)n(C2CCOc3ccccc32)c1C. The Morgan fingerprint density at radius 1 is 1.35 bits per heavy atom. The van der Waals surface area contributed by atoms with Crippen LogP contribution in [-0.4, -0.2) is 11.2 Å². The number of fused-ring (bicyclic) bond motifs is 1. The summed E-state index contributed by atoms with van der Waals surface area (Å²) in [6, 6.07) is 10.4. The van der Waals surface area contributed by atoms with Gasteiger partial charge < -0.3 is 15.0 Å². The lowest BCUT2D eigenvalue weighted by Gasteiger charge is -2.29. The number of nitrogens with two attached hydrogens (primary N) is 1. The van der Waals surface area contributed by atoms with E-state index >= 15 is 0 Å². The molecule has 0 saturated carbocycles. The number of hydrogen-bond acceptors (Lipinski definition) is 3. The fourth-order valence-electron chi connectivity index (χ4n) is 2.99. The molecule has 0 radical (unpaired) electrons. The minimum Gasteiger partial charge on any atom is -0.493 e. The highest BCUT2D eigenvalue weighted by atomic mass is 16.5. The van der Waals surface area contributed by atoms with E-state index in [4.69, 9.17) is 10.5 Å². The highest BCUT2D eigenvalue weighted by Gasteiger charge is 2.27. The van der Waals surface area contributed by atoms with E-state index in [9.17, 15) is 5.26 Å². The largest absolute Gasteiger partial charge is 0.493 e. The van der Waals surface area contributed by atoms with Crippen LogP contribution in [0.4, 0.5) is 5.82 Å². The molecule has 1 aliphatic rings. The Bertz CT molecular complexity index is 709. The first kappa shape index (κ1) is 12.6. The summed E-state index contributed by atoms with van der Waals surface area (Å²) in [7, 11) is 0. The molecule has 0 bridgehead atoms. The van der Waals surface area contributed by atoms with Crippen molar-refractivity contribution in [3.05, 3.63) is 46.6 Å². The third-order valence-corrected chi connectivity index (χ3v) is 4.15. The predicted molar refractivity (Wildman–Crippen MR) is 77.7 cm³/mol. The molecular weight excluding hydrogens is 250 g/mol. The van der Waals surface area contributed by atoms with E-state index in [1.165, 1.54) is 0 Å². The molecule has 0 saturated heterocycles.